The normalized spacial score (nSPS) is 10.4. The second-order valence-electron chi connectivity index (χ2n) is 3.84. The fourth-order valence-corrected chi connectivity index (χ4v) is 1.76. The molecule has 5 nitrogen and oxygen atoms in total. The number of amides is 1. The number of benzene rings is 1. The van der Waals surface area contributed by atoms with Gasteiger partial charge in [-0.15, -0.1) is 0 Å². The summed E-state index contributed by atoms with van der Waals surface area (Å²) in [5.74, 6) is -0.980. The van der Waals surface area contributed by atoms with Gasteiger partial charge in [0.2, 0.25) is 0 Å². The summed E-state index contributed by atoms with van der Waals surface area (Å²) in [7, 11) is 0. The molecule has 1 heterocycles. The Hall–Kier alpha value is -2.21. The van der Waals surface area contributed by atoms with Crippen LogP contribution in [0, 0.1) is 5.82 Å². The topological polar surface area (TPSA) is 94.9 Å². The summed E-state index contributed by atoms with van der Waals surface area (Å²) < 4.78 is 13.7. The van der Waals surface area contributed by atoms with Crippen LogP contribution in [-0.4, -0.2) is 15.9 Å². The molecule has 0 atom stereocenters. The average Bonchev–Trinajstić information content (AvgIpc) is 2.34. The first-order chi connectivity index (χ1) is 8.99. The van der Waals surface area contributed by atoms with E-state index < -0.39 is 11.7 Å². The fraction of sp³-hybridized carbons (Fsp3) is 0.0833. The molecule has 0 unspecified atom stereocenters. The molecule has 7 heteroatoms. The molecule has 4 N–H and O–H groups in total. The highest BCUT2D eigenvalue weighted by atomic mass is 35.5. The van der Waals surface area contributed by atoms with E-state index in [1.54, 1.807) is 12.1 Å². The van der Waals surface area contributed by atoms with E-state index in [1.165, 1.54) is 12.3 Å². The molecule has 0 aliphatic heterocycles. The minimum Gasteiger partial charge on any atom is -0.383 e. The van der Waals surface area contributed by atoms with Crippen LogP contribution >= 0.6 is 11.6 Å². The van der Waals surface area contributed by atoms with E-state index in [9.17, 15) is 9.18 Å². The maximum Gasteiger partial charge on any atom is 0.254 e. The molecule has 0 saturated carbocycles. The van der Waals surface area contributed by atoms with Crippen molar-refractivity contribution in [1.29, 1.82) is 0 Å². The van der Waals surface area contributed by atoms with Crippen molar-refractivity contribution in [2.75, 3.05) is 5.73 Å². The Kier molecular flexibility index (Phi) is 3.62. The summed E-state index contributed by atoms with van der Waals surface area (Å²) in [6.07, 6.45) is 1.35. The largest absolute Gasteiger partial charge is 0.383 e. The lowest BCUT2D eigenvalue weighted by Crippen LogP contribution is -2.16. The number of carbonyl (C=O) groups is 1. The van der Waals surface area contributed by atoms with Crippen LogP contribution in [0.3, 0.4) is 0 Å². The van der Waals surface area contributed by atoms with Gasteiger partial charge in [0.1, 0.15) is 17.5 Å². The van der Waals surface area contributed by atoms with Crippen LogP contribution in [0.2, 0.25) is 5.02 Å². The van der Waals surface area contributed by atoms with Gasteiger partial charge in [0, 0.05) is 12.6 Å². The van der Waals surface area contributed by atoms with E-state index >= 15 is 0 Å². The molecule has 0 aliphatic carbocycles. The second kappa shape index (κ2) is 5.19. The van der Waals surface area contributed by atoms with Gasteiger partial charge >= 0.3 is 0 Å². The molecule has 0 aliphatic rings. The summed E-state index contributed by atoms with van der Waals surface area (Å²) in [5, 5.41) is 0.0271. The van der Waals surface area contributed by atoms with E-state index in [4.69, 9.17) is 23.1 Å². The quantitative estimate of drug-likeness (QED) is 0.891. The van der Waals surface area contributed by atoms with Crippen LogP contribution in [0.5, 0.6) is 0 Å². The number of halogens is 2. The molecular formula is C12H10ClFN4O. The summed E-state index contributed by atoms with van der Waals surface area (Å²) in [4.78, 5) is 18.8. The van der Waals surface area contributed by atoms with Crippen LogP contribution < -0.4 is 11.5 Å². The van der Waals surface area contributed by atoms with E-state index in [1.807, 2.05) is 0 Å². The van der Waals surface area contributed by atoms with Crippen molar-refractivity contribution in [3.63, 3.8) is 0 Å². The van der Waals surface area contributed by atoms with Gasteiger partial charge in [-0.05, 0) is 11.6 Å². The summed E-state index contributed by atoms with van der Waals surface area (Å²) in [6, 6.07) is 4.65. The lowest BCUT2D eigenvalue weighted by Gasteiger charge is -2.06. The van der Waals surface area contributed by atoms with Crippen molar-refractivity contribution in [2.24, 2.45) is 5.73 Å². The Bertz CT molecular complexity index is 648. The zero-order chi connectivity index (χ0) is 14.0. The number of rotatable bonds is 3. The lowest BCUT2D eigenvalue weighted by atomic mass is 10.1. The van der Waals surface area contributed by atoms with Gasteiger partial charge < -0.3 is 11.5 Å². The van der Waals surface area contributed by atoms with Crippen LogP contribution in [0.15, 0.2) is 24.4 Å². The van der Waals surface area contributed by atoms with Crippen LogP contribution in [-0.2, 0) is 6.42 Å². The number of nitrogen functional groups attached to an aromatic ring is 1. The Balaban J connectivity index is 2.32. The molecule has 2 aromatic rings. The number of hydrogen-bond acceptors (Lipinski definition) is 4. The second-order valence-corrected chi connectivity index (χ2v) is 4.25. The summed E-state index contributed by atoms with van der Waals surface area (Å²) >= 11 is 5.68. The van der Waals surface area contributed by atoms with E-state index in [0.717, 1.165) is 0 Å². The zero-order valence-electron chi connectivity index (χ0n) is 9.73. The predicted octanol–water partition coefficient (Wildman–Crippen LogP) is 1.54. The summed E-state index contributed by atoms with van der Waals surface area (Å²) in [5.41, 5.74) is 11.0. The third-order valence-electron chi connectivity index (χ3n) is 2.51. The van der Waals surface area contributed by atoms with Crippen molar-refractivity contribution in [3.8, 4) is 0 Å². The van der Waals surface area contributed by atoms with E-state index in [0.29, 0.717) is 5.56 Å². The number of nitrogens with two attached hydrogens (primary N) is 2. The molecule has 19 heavy (non-hydrogen) atoms. The van der Waals surface area contributed by atoms with Gasteiger partial charge in [-0.3, -0.25) is 4.79 Å². The van der Waals surface area contributed by atoms with Crippen LogP contribution in [0.25, 0.3) is 0 Å². The third kappa shape index (κ3) is 2.79. The van der Waals surface area contributed by atoms with Crippen molar-refractivity contribution in [1.82, 2.24) is 9.97 Å². The number of anilines is 1. The SMILES string of the molecule is NC(=O)c1cnc(Cc2cccc(Cl)c2F)nc1N. The van der Waals surface area contributed by atoms with E-state index in [-0.39, 0.29) is 28.6 Å². The minimum absolute atomic E-state index is 0.0271. The molecule has 1 aromatic carbocycles. The van der Waals surface area contributed by atoms with Gasteiger partial charge in [0.05, 0.1) is 10.6 Å². The molecule has 0 fully saturated rings. The third-order valence-corrected chi connectivity index (χ3v) is 2.81. The zero-order valence-corrected chi connectivity index (χ0v) is 10.5. The molecule has 0 radical (unpaired) electrons. The highest BCUT2D eigenvalue weighted by molar-refractivity contribution is 6.30. The van der Waals surface area contributed by atoms with Gasteiger partial charge in [-0.1, -0.05) is 23.7 Å². The fourth-order valence-electron chi connectivity index (χ4n) is 1.56. The van der Waals surface area contributed by atoms with Gasteiger partial charge in [-0.2, -0.15) is 0 Å². The molecule has 2 rings (SSSR count). The highest BCUT2D eigenvalue weighted by Crippen LogP contribution is 2.20. The van der Waals surface area contributed by atoms with Crippen molar-refractivity contribution < 1.29 is 9.18 Å². The molecule has 1 amide bonds. The number of aromatic nitrogens is 2. The number of hydrogen-bond donors (Lipinski definition) is 2. The van der Waals surface area contributed by atoms with Gasteiger partial charge in [-0.25, -0.2) is 14.4 Å². The molecule has 0 saturated heterocycles. The predicted molar refractivity (Wildman–Crippen MR) is 69.2 cm³/mol. The molecular weight excluding hydrogens is 271 g/mol. The standard InChI is InChI=1S/C12H10ClFN4O/c13-8-3-1-2-6(10(8)14)4-9-17-5-7(12(16)19)11(15)18-9/h1-3,5H,4H2,(H2,16,19)(H2,15,17,18). The maximum atomic E-state index is 13.7. The molecule has 0 spiro atoms. The minimum atomic E-state index is -0.710. The monoisotopic (exact) mass is 280 g/mol. The first-order valence-electron chi connectivity index (χ1n) is 5.33. The molecule has 0 bridgehead atoms. The number of carbonyl (C=O) groups excluding carboxylic acids is 1. The smallest absolute Gasteiger partial charge is 0.254 e. The highest BCUT2D eigenvalue weighted by Gasteiger charge is 2.12. The first kappa shape index (κ1) is 13.2. The Labute approximate surface area is 113 Å². The first-order valence-corrected chi connectivity index (χ1v) is 5.71. The molecule has 1 aromatic heterocycles. The van der Waals surface area contributed by atoms with Crippen LogP contribution in [0.4, 0.5) is 10.2 Å². The van der Waals surface area contributed by atoms with E-state index in [2.05, 4.69) is 9.97 Å². The van der Waals surface area contributed by atoms with Crippen molar-refractivity contribution in [3.05, 3.63) is 52.2 Å². The number of nitrogens with zero attached hydrogens (tertiary/aromatic N) is 2. The van der Waals surface area contributed by atoms with Crippen LogP contribution in [0.1, 0.15) is 21.7 Å². The Morgan fingerprint density at radius 2 is 2.16 bits per heavy atom. The Morgan fingerprint density at radius 3 is 2.79 bits per heavy atom. The number of primary amides is 1. The average molecular weight is 281 g/mol. The van der Waals surface area contributed by atoms with Crippen molar-refractivity contribution >= 4 is 23.3 Å². The van der Waals surface area contributed by atoms with Crippen molar-refractivity contribution in [2.45, 2.75) is 6.42 Å². The summed E-state index contributed by atoms with van der Waals surface area (Å²) in [6.45, 7) is 0. The maximum absolute atomic E-state index is 13.7. The van der Waals surface area contributed by atoms with Gasteiger partial charge in [0.25, 0.3) is 5.91 Å². The Morgan fingerprint density at radius 1 is 1.42 bits per heavy atom. The lowest BCUT2D eigenvalue weighted by molar-refractivity contribution is 0.100. The van der Waals surface area contributed by atoms with Gasteiger partial charge in [0.15, 0.2) is 0 Å². The molecule has 98 valence electrons.